The highest BCUT2D eigenvalue weighted by atomic mass is 127. The Bertz CT molecular complexity index is 402. The summed E-state index contributed by atoms with van der Waals surface area (Å²) < 4.78 is 11.6. The molecule has 0 spiro atoms. The van der Waals surface area contributed by atoms with Crippen molar-refractivity contribution < 1.29 is 9.47 Å². The van der Waals surface area contributed by atoms with Crippen LogP contribution in [0.25, 0.3) is 0 Å². The van der Waals surface area contributed by atoms with E-state index in [1.54, 1.807) is 7.11 Å². The fourth-order valence-electron chi connectivity index (χ4n) is 1.46. The molecule has 1 aromatic rings. The molecule has 0 aliphatic heterocycles. The maximum Gasteiger partial charge on any atom is 0.191 e. The Hall–Kier alpha value is -0.540. The van der Waals surface area contributed by atoms with Crippen LogP contribution in [0.15, 0.2) is 33.7 Å². The summed E-state index contributed by atoms with van der Waals surface area (Å²) in [5.41, 5.74) is 0. The maximum atomic E-state index is 5.62. The maximum absolute atomic E-state index is 5.62. The van der Waals surface area contributed by atoms with Crippen LogP contribution in [0.1, 0.15) is 6.92 Å². The number of nitrogens with one attached hydrogen (secondary N) is 2. The zero-order valence-electron chi connectivity index (χ0n) is 12.4. The lowest BCUT2D eigenvalue weighted by atomic mass is 10.3. The Morgan fingerprint density at radius 1 is 1.19 bits per heavy atom. The van der Waals surface area contributed by atoms with E-state index in [1.165, 1.54) is 0 Å². The van der Waals surface area contributed by atoms with E-state index < -0.39 is 0 Å². The summed E-state index contributed by atoms with van der Waals surface area (Å²) in [4.78, 5) is 4.37. The molecule has 0 aromatic heterocycles. The predicted octanol–water partition coefficient (Wildman–Crippen LogP) is 2.65. The molecule has 0 fully saturated rings. The fraction of sp³-hybridized carbons (Fsp3) is 0.500. The van der Waals surface area contributed by atoms with Crippen molar-refractivity contribution in [2.75, 3.05) is 40.0 Å². The molecule has 0 bridgehead atoms. The Balaban J connectivity index is 0.00000400. The van der Waals surface area contributed by atoms with Gasteiger partial charge in [0.15, 0.2) is 5.96 Å². The van der Waals surface area contributed by atoms with Crippen molar-refractivity contribution in [2.24, 2.45) is 4.99 Å². The first-order valence-corrected chi connectivity index (χ1v) is 7.45. The highest BCUT2D eigenvalue weighted by molar-refractivity contribution is 14.0. The number of ether oxygens (including phenoxy) is 2. The van der Waals surface area contributed by atoms with Crippen molar-refractivity contribution in [3.63, 3.8) is 0 Å². The number of methoxy groups -OCH3 is 1. The van der Waals surface area contributed by atoms with E-state index in [0.717, 1.165) is 22.7 Å². The summed E-state index contributed by atoms with van der Waals surface area (Å²) in [6.45, 7) is 5.38. The summed E-state index contributed by atoms with van der Waals surface area (Å²) in [6.07, 6.45) is 0. The number of nitrogens with zero attached hydrogens (tertiary/aromatic N) is 1. The summed E-state index contributed by atoms with van der Waals surface area (Å²) in [7, 11) is 1.67. The number of hydrogen-bond donors (Lipinski definition) is 2. The van der Waals surface area contributed by atoms with E-state index >= 15 is 0 Å². The number of guanidine groups is 1. The largest absolute Gasteiger partial charge is 0.492 e. The Morgan fingerprint density at radius 3 is 2.52 bits per heavy atom. The smallest absolute Gasteiger partial charge is 0.191 e. The van der Waals surface area contributed by atoms with Crippen LogP contribution in [-0.4, -0.2) is 45.9 Å². The Kier molecular flexibility index (Phi) is 12.8. The molecule has 0 atom stereocenters. The van der Waals surface area contributed by atoms with Crippen molar-refractivity contribution in [2.45, 2.75) is 6.92 Å². The van der Waals surface area contributed by atoms with E-state index in [1.807, 2.05) is 31.2 Å². The standard InChI is InChI=1S/C14H22BrN3O2.HI/c1-3-16-14(17-8-10-19-2)18-9-11-20-13-6-4-12(15)5-7-13;/h4-7H,3,8-11H2,1-2H3,(H2,16,17,18);1H. The van der Waals surface area contributed by atoms with Crippen molar-refractivity contribution in [3.8, 4) is 5.75 Å². The lowest BCUT2D eigenvalue weighted by Gasteiger charge is -2.12. The van der Waals surface area contributed by atoms with E-state index in [4.69, 9.17) is 9.47 Å². The molecule has 120 valence electrons. The van der Waals surface area contributed by atoms with Gasteiger partial charge in [-0.2, -0.15) is 0 Å². The van der Waals surface area contributed by atoms with Gasteiger partial charge in [0.2, 0.25) is 0 Å². The molecule has 0 saturated carbocycles. The third-order valence-electron chi connectivity index (χ3n) is 2.39. The second-order valence-corrected chi connectivity index (χ2v) is 4.90. The number of rotatable bonds is 8. The van der Waals surface area contributed by atoms with Crippen molar-refractivity contribution >= 4 is 45.9 Å². The van der Waals surface area contributed by atoms with Gasteiger partial charge in [-0.3, -0.25) is 4.99 Å². The minimum absolute atomic E-state index is 0. The Morgan fingerprint density at radius 2 is 1.90 bits per heavy atom. The van der Waals surface area contributed by atoms with Gasteiger partial charge in [-0.1, -0.05) is 15.9 Å². The molecule has 21 heavy (non-hydrogen) atoms. The van der Waals surface area contributed by atoms with Gasteiger partial charge in [0, 0.05) is 18.1 Å². The molecule has 0 unspecified atom stereocenters. The van der Waals surface area contributed by atoms with Crippen LogP contribution < -0.4 is 15.4 Å². The average molecular weight is 472 g/mol. The van der Waals surface area contributed by atoms with Crippen LogP contribution in [0.3, 0.4) is 0 Å². The number of benzene rings is 1. The molecule has 1 aromatic carbocycles. The van der Waals surface area contributed by atoms with Crippen molar-refractivity contribution in [1.82, 2.24) is 10.6 Å². The summed E-state index contributed by atoms with van der Waals surface area (Å²) in [5, 5.41) is 6.38. The average Bonchev–Trinajstić information content (AvgIpc) is 2.45. The molecule has 0 radical (unpaired) electrons. The minimum Gasteiger partial charge on any atom is -0.492 e. The zero-order valence-corrected chi connectivity index (χ0v) is 16.3. The highest BCUT2D eigenvalue weighted by Gasteiger charge is 1.97. The number of hydrogen-bond acceptors (Lipinski definition) is 3. The molecule has 2 N–H and O–H groups in total. The van der Waals surface area contributed by atoms with Gasteiger partial charge >= 0.3 is 0 Å². The van der Waals surface area contributed by atoms with Gasteiger partial charge < -0.3 is 20.1 Å². The monoisotopic (exact) mass is 471 g/mol. The quantitative estimate of drug-likeness (QED) is 0.265. The molecule has 5 nitrogen and oxygen atoms in total. The van der Waals surface area contributed by atoms with Gasteiger partial charge in [0.05, 0.1) is 19.7 Å². The fourth-order valence-corrected chi connectivity index (χ4v) is 1.72. The van der Waals surface area contributed by atoms with Gasteiger partial charge in [0.25, 0.3) is 0 Å². The van der Waals surface area contributed by atoms with Crippen LogP contribution in [0.4, 0.5) is 0 Å². The second kappa shape index (κ2) is 13.1. The van der Waals surface area contributed by atoms with Crippen LogP contribution >= 0.6 is 39.9 Å². The molecule has 0 heterocycles. The lowest BCUT2D eigenvalue weighted by Crippen LogP contribution is -2.39. The first kappa shape index (κ1) is 20.5. The molecule has 7 heteroatoms. The first-order valence-electron chi connectivity index (χ1n) is 6.65. The molecule has 0 amide bonds. The van der Waals surface area contributed by atoms with Crippen molar-refractivity contribution in [3.05, 3.63) is 28.7 Å². The van der Waals surface area contributed by atoms with E-state index in [0.29, 0.717) is 26.3 Å². The normalized spacial score (nSPS) is 10.7. The molecular formula is C14H23BrIN3O2. The minimum atomic E-state index is 0. The van der Waals surface area contributed by atoms with Crippen molar-refractivity contribution in [1.29, 1.82) is 0 Å². The topological polar surface area (TPSA) is 54.9 Å². The molecule has 1 rings (SSSR count). The highest BCUT2D eigenvalue weighted by Crippen LogP contribution is 2.15. The zero-order chi connectivity index (χ0) is 14.6. The first-order chi connectivity index (χ1) is 9.76. The van der Waals surface area contributed by atoms with Gasteiger partial charge in [0.1, 0.15) is 12.4 Å². The van der Waals surface area contributed by atoms with Gasteiger partial charge in [-0.25, -0.2) is 0 Å². The van der Waals surface area contributed by atoms with E-state index in [-0.39, 0.29) is 24.0 Å². The van der Waals surface area contributed by atoms with Gasteiger partial charge in [-0.05, 0) is 31.2 Å². The van der Waals surface area contributed by atoms with Gasteiger partial charge in [-0.15, -0.1) is 24.0 Å². The van der Waals surface area contributed by atoms with Crippen LogP contribution in [0.5, 0.6) is 5.75 Å². The van der Waals surface area contributed by atoms with Crippen LogP contribution in [0, 0.1) is 0 Å². The number of halogens is 2. The van der Waals surface area contributed by atoms with Crippen LogP contribution in [-0.2, 0) is 4.74 Å². The molecule has 0 saturated heterocycles. The summed E-state index contributed by atoms with van der Waals surface area (Å²) in [6, 6.07) is 7.78. The van der Waals surface area contributed by atoms with Crippen LogP contribution in [0.2, 0.25) is 0 Å². The predicted molar refractivity (Wildman–Crippen MR) is 101 cm³/mol. The SMILES string of the molecule is CCNC(=NCCOC)NCCOc1ccc(Br)cc1.I. The third-order valence-corrected chi connectivity index (χ3v) is 2.92. The molecule has 0 aliphatic rings. The summed E-state index contributed by atoms with van der Waals surface area (Å²) >= 11 is 3.39. The molecular weight excluding hydrogens is 449 g/mol. The van der Waals surface area contributed by atoms with E-state index in [9.17, 15) is 0 Å². The second-order valence-electron chi connectivity index (χ2n) is 3.98. The number of aliphatic imine (C=N–C) groups is 1. The third kappa shape index (κ3) is 9.92. The Labute approximate surface area is 152 Å². The summed E-state index contributed by atoms with van der Waals surface area (Å²) in [5.74, 6) is 1.64. The molecule has 0 aliphatic carbocycles. The van der Waals surface area contributed by atoms with E-state index in [2.05, 4.69) is 31.6 Å². The lowest BCUT2D eigenvalue weighted by molar-refractivity contribution is 0.208.